The summed E-state index contributed by atoms with van der Waals surface area (Å²) in [6.45, 7) is 3.39. The Morgan fingerprint density at radius 1 is 1.09 bits per heavy atom. The molecule has 3 aromatic carbocycles. The molecule has 0 spiro atoms. The first-order valence-corrected chi connectivity index (χ1v) is 12.0. The van der Waals surface area contributed by atoms with Crippen LogP contribution in [0.5, 0.6) is 5.75 Å². The number of likely N-dealkylation sites (tertiary alicyclic amines) is 1. The Kier molecular flexibility index (Phi) is 7.71. The van der Waals surface area contributed by atoms with Crippen molar-refractivity contribution in [2.45, 2.75) is 38.8 Å². The number of benzene rings is 3. The second-order valence-corrected chi connectivity index (χ2v) is 9.13. The highest BCUT2D eigenvalue weighted by Crippen LogP contribution is 2.32. The Morgan fingerprint density at radius 2 is 1.85 bits per heavy atom. The fraction of sp³-hybridized carbons (Fsp3) is 0.276. The van der Waals surface area contributed by atoms with Crippen molar-refractivity contribution in [1.29, 1.82) is 0 Å². The maximum atomic E-state index is 11.7. The highest BCUT2D eigenvalue weighted by molar-refractivity contribution is 6.32. The number of rotatable bonds is 7. The molecule has 0 aliphatic carbocycles. The summed E-state index contributed by atoms with van der Waals surface area (Å²) in [5.74, 6) is -0.0501. The average molecular weight is 476 g/mol. The first kappa shape index (κ1) is 24.1. The van der Waals surface area contributed by atoms with E-state index < -0.39 is 12.0 Å². The van der Waals surface area contributed by atoms with E-state index in [-0.39, 0.29) is 0 Å². The van der Waals surface area contributed by atoms with Gasteiger partial charge in [-0.15, -0.1) is 0 Å². The quantitative estimate of drug-likeness (QED) is 0.376. The second kappa shape index (κ2) is 10.9. The maximum Gasteiger partial charge on any atom is 0.320 e. The van der Waals surface area contributed by atoms with E-state index in [4.69, 9.17) is 16.3 Å². The molecule has 0 aromatic heterocycles. The van der Waals surface area contributed by atoms with Crippen LogP contribution in [0.2, 0.25) is 5.02 Å². The van der Waals surface area contributed by atoms with E-state index in [9.17, 15) is 9.90 Å². The van der Waals surface area contributed by atoms with Crippen LogP contribution in [0.4, 0.5) is 0 Å². The van der Waals surface area contributed by atoms with E-state index in [1.54, 1.807) is 7.11 Å². The van der Waals surface area contributed by atoms with Crippen LogP contribution in [0.3, 0.4) is 0 Å². The lowest BCUT2D eigenvalue weighted by Crippen LogP contribution is -2.44. The lowest BCUT2D eigenvalue weighted by atomic mass is 9.96. The van der Waals surface area contributed by atoms with E-state index in [0.717, 1.165) is 36.1 Å². The molecule has 176 valence electrons. The lowest BCUT2D eigenvalue weighted by molar-refractivity contribution is -0.144. The highest BCUT2D eigenvalue weighted by atomic mass is 35.5. The van der Waals surface area contributed by atoms with Crippen molar-refractivity contribution < 1.29 is 14.6 Å². The van der Waals surface area contributed by atoms with Gasteiger partial charge >= 0.3 is 5.97 Å². The third-order valence-corrected chi connectivity index (χ3v) is 6.90. The Balaban J connectivity index is 1.60. The molecular weight excluding hydrogens is 446 g/mol. The van der Waals surface area contributed by atoms with Gasteiger partial charge in [0, 0.05) is 17.1 Å². The smallest absolute Gasteiger partial charge is 0.320 e. The summed E-state index contributed by atoms with van der Waals surface area (Å²) >= 11 is 6.67. The third-order valence-electron chi connectivity index (χ3n) is 6.57. The van der Waals surface area contributed by atoms with Crippen molar-refractivity contribution in [2.24, 2.45) is 0 Å². The van der Waals surface area contributed by atoms with Crippen LogP contribution in [0, 0.1) is 6.92 Å². The van der Waals surface area contributed by atoms with Crippen LogP contribution < -0.4 is 4.74 Å². The van der Waals surface area contributed by atoms with Gasteiger partial charge in [-0.1, -0.05) is 78.7 Å². The SMILES string of the molecule is COc1cc(/C=C/c2cccc(-c3ccccc3)c2C)c(Cl)cc1CN1CCCCC1C(=O)O. The first-order valence-electron chi connectivity index (χ1n) is 11.6. The molecule has 0 saturated carbocycles. The zero-order valence-electron chi connectivity index (χ0n) is 19.6. The predicted molar refractivity (Wildman–Crippen MR) is 139 cm³/mol. The summed E-state index contributed by atoms with van der Waals surface area (Å²) < 4.78 is 5.66. The van der Waals surface area contributed by atoms with Crippen molar-refractivity contribution in [1.82, 2.24) is 4.90 Å². The van der Waals surface area contributed by atoms with Gasteiger partial charge in [-0.05, 0) is 66.3 Å². The van der Waals surface area contributed by atoms with Crippen LogP contribution in [0.15, 0.2) is 60.7 Å². The largest absolute Gasteiger partial charge is 0.496 e. The van der Waals surface area contributed by atoms with E-state index >= 15 is 0 Å². The Morgan fingerprint density at radius 3 is 2.59 bits per heavy atom. The van der Waals surface area contributed by atoms with Gasteiger partial charge in [0.15, 0.2) is 0 Å². The predicted octanol–water partition coefficient (Wildman–Crippen LogP) is 6.93. The highest BCUT2D eigenvalue weighted by Gasteiger charge is 2.29. The average Bonchev–Trinajstić information content (AvgIpc) is 2.85. The first-order chi connectivity index (χ1) is 16.5. The number of carboxylic acid groups (broad SMARTS) is 1. The molecule has 3 aromatic rings. The van der Waals surface area contributed by atoms with Gasteiger partial charge in [0.05, 0.1) is 7.11 Å². The molecule has 4 nitrogen and oxygen atoms in total. The van der Waals surface area contributed by atoms with E-state index in [0.29, 0.717) is 23.7 Å². The van der Waals surface area contributed by atoms with Gasteiger partial charge in [-0.3, -0.25) is 9.69 Å². The minimum absolute atomic E-state index is 0.461. The number of hydrogen-bond donors (Lipinski definition) is 1. The molecule has 0 radical (unpaired) electrons. The zero-order chi connectivity index (χ0) is 24.1. The molecule has 4 rings (SSSR count). The minimum atomic E-state index is -0.766. The van der Waals surface area contributed by atoms with Crippen LogP contribution in [0.1, 0.15) is 41.5 Å². The zero-order valence-corrected chi connectivity index (χ0v) is 20.4. The number of aliphatic carboxylic acids is 1. The van der Waals surface area contributed by atoms with E-state index in [1.165, 1.54) is 16.7 Å². The number of nitrogens with zero attached hydrogens (tertiary/aromatic N) is 1. The summed E-state index contributed by atoms with van der Waals surface area (Å²) in [4.78, 5) is 13.7. The summed E-state index contributed by atoms with van der Waals surface area (Å²) in [6, 6.07) is 20.0. The van der Waals surface area contributed by atoms with Crippen molar-refractivity contribution in [3.8, 4) is 16.9 Å². The van der Waals surface area contributed by atoms with Gasteiger partial charge in [-0.2, -0.15) is 0 Å². The Bertz CT molecular complexity index is 1190. The van der Waals surface area contributed by atoms with Crippen molar-refractivity contribution in [3.63, 3.8) is 0 Å². The van der Waals surface area contributed by atoms with Crippen LogP contribution in [-0.2, 0) is 11.3 Å². The Hall–Kier alpha value is -3.08. The molecule has 1 atom stereocenters. The summed E-state index contributed by atoms with van der Waals surface area (Å²) in [7, 11) is 1.64. The molecule has 5 heteroatoms. The molecule has 34 heavy (non-hydrogen) atoms. The lowest BCUT2D eigenvalue weighted by Gasteiger charge is -2.33. The standard InChI is InChI=1S/C29H30ClNO3/c1-20-21(11-8-12-25(20)22-9-4-3-5-10-22)14-15-23-18-28(34-2)24(17-26(23)30)19-31-16-7-6-13-27(31)29(32)33/h3-5,8-12,14-15,17-18,27H,6-7,13,16,19H2,1-2H3,(H,32,33)/b15-14+. The number of ether oxygens (including phenoxy) is 1. The molecule has 1 N–H and O–H groups in total. The van der Waals surface area contributed by atoms with E-state index in [1.807, 2.05) is 41.3 Å². The van der Waals surface area contributed by atoms with Crippen LogP contribution in [0.25, 0.3) is 23.3 Å². The monoisotopic (exact) mass is 475 g/mol. The van der Waals surface area contributed by atoms with Gasteiger partial charge in [0.2, 0.25) is 0 Å². The van der Waals surface area contributed by atoms with Crippen molar-refractivity contribution >= 4 is 29.7 Å². The second-order valence-electron chi connectivity index (χ2n) is 8.73. The minimum Gasteiger partial charge on any atom is -0.496 e. The number of hydrogen-bond acceptors (Lipinski definition) is 3. The molecule has 1 unspecified atom stereocenters. The molecule has 0 amide bonds. The molecule has 1 fully saturated rings. The molecule has 1 aliphatic rings. The third kappa shape index (κ3) is 5.35. The number of carboxylic acids is 1. The van der Waals surface area contributed by atoms with E-state index in [2.05, 4.69) is 43.3 Å². The number of methoxy groups -OCH3 is 1. The Labute approximate surface area is 206 Å². The number of halogens is 1. The van der Waals surface area contributed by atoms with Crippen LogP contribution in [-0.4, -0.2) is 35.7 Å². The summed E-state index contributed by atoms with van der Waals surface area (Å²) in [5.41, 5.74) is 6.49. The maximum absolute atomic E-state index is 11.7. The fourth-order valence-corrected chi connectivity index (χ4v) is 4.92. The van der Waals surface area contributed by atoms with Gasteiger partial charge in [0.25, 0.3) is 0 Å². The molecule has 1 aliphatic heterocycles. The van der Waals surface area contributed by atoms with Crippen molar-refractivity contribution in [3.05, 3.63) is 87.9 Å². The van der Waals surface area contributed by atoms with Crippen molar-refractivity contribution in [2.75, 3.05) is 13.7 Å². The topological polar surface area (TPSA) is 49.8 Å². The molecule has 1 saturated heterocycles. The molecule has 1 heterocycles. The number of piperidine rings is 1. The molecule has 0 bridgehead atoms. The summed E-state index contributed by atoms with van der Waals surface area (Å²) in [6.07, 6.45) is 6.70. The van der Waals surface area contributed by atoms with Gasteiger partial charge in [-0.25, -0.2) is 0 Å². The van der Waals surface area contributed by atoms with Gasteiger partial charge < -0.3 is 9.84 Å². The normalized spacial score (nSPS) is 16.6. The molecular formula is C29H30ClNO3. The van der Waals surface area contributed by atoms with Gasteiger partial charge in [0.1, 0.15) is 11.8 Å². The van der Waals surface area contributed by atoms with Crippen LogP contribution >= 0.6 is 11.6 Å². The number of carbonyl (C=O) groups is 1. The summed E-state index contributed by atoms with van der Waals surface area (Å²) in [5, 5.41) is 10.2. The fourth-order valence-electron chi connectivity index (χ4n) is 4.67.